The van der Waals surface area contributed by atoms with Crippen LogP contribution in [0.4, 0.5) is 0 Å². The monoisotopic (exact) mass is 263 g/mol. The van der Waals surface area contributed by atoms with E-state index >= 15 is 0 Å². The standard InChI is InChI=1S/C8H16N.OP.Zr/c1-5-6-7-8-9(2,3)4;1-2;/h5-8H,1-4H3;;/q+1;-1;+1. The Morgan fingerprint density at radius 2 is 1.67 bits per heavy atom. The summed E-state index contributed by atoms with van der Waals surface area (Å²) in [5.74, 6) is 0. The van der Waals surface area contributed by atoms with E-state index in [1.807, 2.05) is 19.1 Å². The molecule has 0 aliphatic heterocycles. The molecule has 0 radical (unpaired) electrons. The maximum absolute atomic E-state index is 8.94. The SMILES string of the molecule is CC=CC=C[N+](C)(C)C.O=[P]#[Zr]. The third-order valence-corrected chi connectivity index (χ3v) is 0.837. The number of hydrogen-bond donors (Lipinski definition) is 0. The van der Waals surface area contributed by atoms with Gasteiger partial charge in [0.25, 0.3) is 0 Å². The molecular weight excluding hydrogens is 248 g/mol. The van der Waals surface area contributed by atoms with Gasteiger partial charge < -0.3 is 4.48 Å². The zero-order valence-corrected chi connectivity index (χ0v) is 11.5. The number of nitrogens with zero attached hydrogens (tertiary/aromatic N) is 1. The van der Waals surface area contributed by atoms with Gasteiger partial charge in [-0.3, -0.25) is 0 Å². The molecule has 0 aromatic rings. The van der Waals surface area contributed by atoms with Crippen LogP contribution >= 0.6 is 5.05 Å². The van der Waals surface area contributed by atoms with Gasteiger partial charge in [0.15, 0.2) is 0 Å². The number of rotatable bonds is 2. The van der Waals surface area contributed by atoms with Gasteiger partial charge in [-0.2, -0.15) is 0 Å². The molecule has 2 nitrogen and oxygen atoms in total. The first-order valence-corrected chi connectivity index (χ1v) is 7.69. The molecule has 0 heterocycles. The van der Waals surface area contributed by atoms with E-state index in [1.165, 1.54) is 0 Å². The Balaban J connectivity index is 0. The fourth-order valence-electron chi connectivity index (χ4n) is 0.419. The van der Waals surface area contributed by atoms with Crippen LogP contribution in [-0.4, -0.2) is 25.6 Å². The van der Waals surface area contributed by atoms with Gasteiger partial charge in [-0.25, -0.2) is 0 Å². The van der Waals surface area contributed by atoms with Gasteiger partial charge in [-0.05, 0) is 13.0 Å². The Hall–Kier alpha value is 0.553. The van der Waals surface area contributed by atoms with Crippen molar-refractivity contribution in [1.29, 1.82) is 0 Å². The van der Waals surface area contributed by atoms with Crippen molar-refractivity contribution >= 4 is 5.05 Å². The van der Waals surface area contributed by atoms with E-state index in [4.69, 9.17) is 4.57 Å². The maximum atomic E-state index is 8.94. The molecule has 0 aliphatic rings. The molecule has 0 saturated carbocycles. The Morgan fingerprint density at radius 1 is 1.25 bits per heavy atom. The number of hydrogen-bond acceptors (Lipinski definition) is 1. The Kier molecular flexibility index (Phi) is 12.1. The molecule has 12 heavy (non-hydrogen) atoms. The van der Waals surface area contributed by atoms with E-state index in [1.54, 1.807) is 0 Å². The van der Waals surface area contributed by atoms with Crippen molar-refractivity contribution in [1.82, 2.24) is 0 Å². The summed E-state index contributed by atoms with van der Waals surface area (Å²) in [5, 5.41) is 0.257. The topological polar surface area (TPSA) is 17.1 Å². The molecule has 0 N–H and O–H groups in total. The van der Waals surface area contributed by atoms with Crippen molar-refractivity contribution in [3.8, 4) is 0 Å². The van der Waals surface area contributed by atoms with Crippen LogP contribution in [0.1, 0.15) is 6.92 Å². The zero-order chi connectivity index (χ0) is 10.0. The summed E-state index contributed by atoms with van der Waals surface area (Å²) in [7, 11) is 6.38. The van der Waals surface area contributed by atoms with E-state index in [9.17, 15) is 0 Å². The summed E-state index contributed by atoms with van der Waals surface area (Å²) in [6, 6.07) is 0. The number of quaternary nitrogens is 1. The molecule has 67 valence electrons. The molecular formula is C8H16NOPZr+. The normalized spacial score (nSPS) is 11.5. The van der Waals surface area contributed by atoms with Gasteiger partial charge in [0, 0.05) is 0 Å². The second-order valence-electron chi connectivity index (χ2n) is 3.07. The van der Waals surface area contributed by atoms with Crippen LogP contribution in [0.25, 0.3) is 0 Å². The molecule has 4 heteroatoms. The average molecular weight is 264 g/mol. The van der Waals surface area contributed by atoms with Gasteiger partial charge in [0.2, 0.25) is 0 Å². The molecule has 0 atom stereocenters. The van der Waals surface area contributed by atoms with Crippen LogP contribution in [0.5, 0.6) is 0 Å². The van der Waals surface area contributed by atoms with Crippen LogP contribution in [0.2, 0.25) is 0 Å². The molecule has 0 aromatic heterocycles. The van der Waals surface area contributed by atoms with Gasteiger partial charge in [0.05, 0.1) is 27.3 Å². The Morgan fingerprint density at radius 3 is 1.92 bits per heavy atom. The van der Waals surface area contributed by atoms with Crippen LogP contribution < -0.4 is 0 Å². The van der Waals surface area contributed by atoms with Crippen LogP contribution in [0, 0.1) is 0 Å². The van der Waals surface area contributed by atoms with Crippen molar-refractivity contribution in [3.05, 3.63) is 24.4 Å². The van der Waals surface area contributed by atoms with Gasteiger partial charge in [-0.15, -0.1) is 0 Å². The van der Waals surface area contributed by atoms with Crippen molar-refractivity contribution in [2.45, 2.75) is 6.92 Å². The summed E-state index contributed by atoms with van der Waals surface area (Å²) in [5.41, 5.74) is 0. The van der Waals surface area contributed by atoms with E-state index in [-0.39, 0.29) is 5.05 Å². The molecule has 0 aromatic carbocycles. The summed E-state index contributed by atoms with van der Waals surface area (Å²) >= 11 is 1.05. The van der Waals surface area contributed by atoms with Crippen molar-refractivity contribution in [3.63, 3.8) is 0 Å². The molecule has 0 rings (SSSR count). The van der Waals surface area contributed by atoms with Crippen LogP contribution in [0.3, 0.4) is 0 Å². The Labute approximate surface area is 89.8 Å². The first-order chi connectivity index (χ1) is 5.47. The van der Waals surface area contributed by atoms with E-state index in [2.05, 4.69) is 33.4 Å². The van der Waals surface area contributed by atoms with Crippen molar-refractivity contribution < 1.29 is 32.4 Å². The predicted octanol–water partition coefficient (Wildman–Crippen LogP) is 2.52. The first kappa shape index (κ1) is 15.0. The predicted molar refractivity (Wildman–Crippen MR) is 49.6 cm³/mol. The zero-order valence-electron chi connectivity index (χ0n) is 8.11. The van der Waals surface area contributed by atoms with Crippen LogP contribution in [-0.2, 0) is 27.9 Å². The molecule has 0 bridgehead atoms. The van der Waals surface area contributed by atoms with Crippen molar-refractivity contribution in [2.75, 3.05) is 21.1 Å². The summed E-state index contributed by atoms with van der Waals surface area (Å²) in [6.07, 6.45) is 8.23. The van der Waals surface area contributed by atoms with E-state index in [0.29, 0.717) is 0 Å². The van der Waals surface area contributed by atoms with Gasteiger partial charge in [-0.1, -0.05) is 12.2 Å². The summed E-state index contributed by atoms with van der Waals surface area (Å²) in [6.45, 7) is 2.01. The second kappa shape index (κ2) is 9.64. The molecule has 0 fully saturated rings. The summed E-state index contributed by atoms with van der Waals surface area (Å²) in [4.78, 5) is 0. The van der Waals surface area contributed by atoms with Crippen LogP contribution in [0.15, 0.2) is 24.4 Å². The van der Waals surface area contributed by atoms with E-state index in [0.717, 1.165) is 27.9 Å². The minimum absolute atomic E-state index is 0.257. The second-order valence-corrected chi connectivity index (χ2v) is 4.60. The van der Waals surface area contributed by atoms with Crippen molar-refractivity contribution in [2.24, 2.45) is 0 Å². The molecule has 0 amide bonds. The fourth-order valence-corrected chi connectivity index (χ4v) is 0.419. The minimum atomic E-state index is 0.257. The molecule has 0 saturated heterocycles. The third-order valence-electron chi connectivity index (χ3n) is 0.837. The Bertz CT molecular complexity index is 226. The first-order valence-electron chi connectivity index (χ1n) is 3.58. The molecule has 0 aliphatic carbocycles. The van der Waals surface area contributed by atoms with E-state index < -0.39 is 0 Å². The molecule has 0 spiro atoms. The number of allylic oxidation sites excluding steroid dienone is 3. The fraction of sp³-hybridized carbons (Fsp3) is 0.500. The van der Waals surface area contributed by atoms with Gasteiger partial charge >= 0.3 is 33.0 Å². The third kappa shape index (κ3) is 22.4. The quantitative estimate of drug-likeness (QED) is 0.425. The van der Waals surface area contributed by atoms with Gasteiger partial charge in [0.1, 0.15) is 0 Å². The molecule has 0 unspecified atom stereocenters. The average Bonchev–Trinajstić information content (AvgIpc) is 1.87. The summed E-state index contributed by atoms with van der Waals surface area (Å²) < 4.78 is 9.82.